The van der Waals surface area contributed by atoms with E-state index < -0.39 is 57.7 Å². The van der Waals surface area contributed by atoms with Crippen molar-refractivity contribution in [3.8, 4) is 34.1 Å². The van der Waals surface area contributed by atoms with Crippen molar-refractivity contribution in [3.05, 3.63) is 69.8 Å². The first kappa shape index (κ1) is 25.4. The van der Waals surface area contributed by atoms with Crippen LogP contribution in [0.1, 0.15) is 38.8 Å². The Labute approximate surface area is 227 Å². The molecule has 2 aromatic carbocycles. The summed E-state index contributed by atoms with van der Waals surface area (Å²) in [6, 6.07) is 5.52. The number of phenols is 2. The second-order valence-corrected chi connectivity index (χ2v) is 10.6. The zero-order valence-electron chi connectivity index (χ0n) is 21.8. The van der Waals surface area contributed by atoms with Gasteiger partial charge in [-0.1, -0.05) is 0 Å². The minimum Gasteiger partial charge on any atom is -0.506 e. The van der Waals surface area contributed by atoms with Crippen LogP contribution in [0.15, 0.2) is 58.7 Å². The summed E-state index contributed by atoms with van der Waals surface area (Å²) in [5, 5.41) is 55.6. The molecule has 2 aliphatic carbocycles. The molecule has 0 fully saturated rings. The number of fused-ring (bicyclic) bond motifs is 4. The van der Waals surface area contributed by atoms with Gasteiger partial charge >= 0.3 is 0 Å². The van der Waals surface area contributed by atoms with E-state index in [1.54, 1.807) is 6.92 Å². The van der Waals surface area contributed by atoms with Gasteiger partial charge in [-0.25, -0.2) is 0 Å². The van der Waals surface area contributed by atoms with Crippen LogP contribution in [0.2, 0.25) is 0 Å². The van der Waals surface area contributed by atoms with Gasteiger partial charge in [0, 0.05) is 16.7 Å². The zero-order chi connectivity index (χ0) is 29.0. The molecule has 0 unspecified atom stereocenters. The maximum absolute atomic E-state index is 12.9. The van der Waals surface area contributed by atoms with E-state index in [1.807, 2.05) is 0 Å². The normalized spacial score (nSPS) is 27.1. The van der Waals surface area contributed by atoms with Gasteiger partial charge < -0.3 is 35.0 Å². The van der Waals surface area contributed by atoms with Crippen molar-refractivity contribution in [2.24, 2.45) is 0 Å². The monoisotopic (exact) mass is 544 g/mol. The lowest BCUT2D eigenvalue weighted by atomic mass is 9.75. The van der Waals surface area contributed by atoms with Gasteiger partial charge in [0.25, 0.3) is 0 Å². The van der Waals surface area contributed by atoms with Gasteiger partial charge in [0.1, 0.15) is 51.7 Å². The number of aliphatic hydroxyl groups is 3. The Hall–Kier alpha value is -4.83. The highest BCUT2D eigenvalue weighted by Gasteiger charge is 2.53. The van der Waals surface area contributed by atoms with Gasteiger partial charge in [-0.15, -0.1) is 0 Å². The van der Waals surface area contributed by atoms with Gasteiger partial charge in [0.2, 0.25) is 11.4 Å². The number of rotatable bonds is 1. The number of Topliss-reactive ketones (excluding diaryl/α,β-unsaturated/α-hetero) is 1. The minimum absolute atomic E-state index is 0.0122. The molecule has 0 aromatic heterocycles. The summed E-state index contributed by atoms with van der Waals surface area (Å²) in [5.74, 6) is -4.19. The molecule has 0 saturated heterocycles. The molecular formula is C30H24O10. The number of ether oxygens (including phenoxy) is 2. The molecule has 0 bridgehead atoms. The average molecular weight is 545 g/mol. The van der Waals surface area contributed by atoms with Crippen LogP contribution in [-0.4, -0.2) is 60.2 Å². The lowest BCUT2D eigenvalue weighted by Crippen LogP contribution is -2.53. The average Bonchev–Trinajstić information content (AvgIpc) is 2.86. The molecule has 2 heterocycles. The lowest BCUT2D eigenvalue weighted by molar-refractivity contribution is -0.130. The van der Waals surface area contributed by atoms with Crippen LogP contribution < -0.4 is 9.47 Å². The topological polar surface area (TPSA) is 171 Å². The maximum Gasteiger partial charge on any atom is 0.206 e. The number of carbonyl (C=O) groups excluding carboxylic acids is 3. The Kier molecular flexibility index (Phi) is 5.00. The number of aliphatic hydroxyl groups excluding tert-OH is 3. The van der Waals surface area contributed by atoms with Gasteiger partial charge in [-0.3, -0.25) is 14.4 Å². The summed E-state index contributed by atoms with van der Waals surface area (Å²) >= 11 is 0. The fourth-order valence-corrected chi connectivity index (χ4v) is 6.04. The zero-order valence-corrected chi connectivity index (χ0v) is 21.8. The van der Waals surface area contributed by atoms with Crippen LogP contribution in [0.5, 0.6) is 23.0 Å². The molecule has 10 heteroatoms. The summed E-state index contributed by atoms with van der Waals surface area (Å²) in [6.45, 7) is 5.85. The third-order valence-corrected chi connectivity index (χ3v) is 8.07. The molecule has 0 saturated carbocycles. The van der Waals surface area contributed by atoms with E-state index in [2.05, 4.69) is 0 Å². The number of carbonyl (C=O) groups is 3. The smallest absolute Gasteiger partial charge is 0.206 e. The van der Waals surface area contributed by atoms with Crippen LogP contribution in [0.25, 0.3) is 22.6 Å². The molecule has 0 amide bonds. The van der Waals surface area contributed by atoms with Crippen molar-refractivity contribution in [1.82, 2.24) is 0 Å². The van der Waals surface area contributed by atoms with Crippen LogP contribution in [0, 0.1) is 0 Å². The molecule has 40 heavy (non-hydrogen) atoms. The molecule has 0 spiro atoms. The fraction of sp³-hybridized carbons (Fsp3) is 0.233. The SMILES string of the molecule is CC1=CC(=O)C2=C(O)c3c(ccc(-c4ccc5c(c4O)C(O)=C4C(=O)C=C(C)[C@H](O)[C@]4(C)O5)c3O)O[C@]2(C)C1=O. The number of hydrogen-bond acceptors (Lipinski definition) is 10. The Morgan fingerprint density at radius 2 is 1.23 bits per heavy atom. The lowest BCUT2D eigenvalue weighted by Gasteiger charge is -2.42. The van der Waals surface area contributed by atoms with E-state index in [0.717, 1.165) is 6.08 Å². The third-order valence-electron chi connectivity index (χ3n) is 8.07. The number of phenolic OH excluding ortho intramolecular Hbond substituents is 2. The van der Waals surface area contributed by atoms with Crippen molar-refractivity contribution in [2.45, 2.75) is 45.0 Å². The Balaban J connectivity index is 1.54. The molecule has 6 rings (SSSR count). The first-order chi connectivity index (χ1) is 18.7. The summed E-state index contributed by atoms with van der Waals surface area (Å²) < 4.78 is 11.8. The molecule has 4 aliphatic rings. The number of allylic oxidation sites excluding steroid dienone is 2. The van der Waals surface area contributed by atoms with E-state index in [9.17, 15) is 39.9 Å². The van der Waals surface area contributed by atoms with E-state index in [0.29, 0.717) is 5.57 Å². The molecule has 204 valence electrons. The van der Waals surface area contributed by atoms with E-state index in [1.165, 1.54) is 51.1 Å². The highest BCUT2D eigenvalue weighted by molar-refractivity contribution is 6.25. The van der Waals surface area contributed by atoms with E-state index >= 15 is 0 Å². The molecule has 10 nitrogen and oxygen atoms in total. The maximum atomic E-state index is 12.9. The molecule has 5 N–H and O–H groups in total. The number of ketones is 3. The standard InChI is InChI=1S/C30H24O10/c1-11-9-15(31)21-25(35)19-17(39-29(21,3)27(11)37)7-5-13(23(19)33)14-6-8-18-20(24(14)34)26(36)22-16(32)10-12(2)28(38)30(22,4)40-18/h5-10,27,33-37H,1-4H3/t27-,29+,30-/m0/s1. The van der Waals surface area contributed by atoms with Crippen molar-refractivity contribution < 1.29 is 49.4 Å². The first-order valence-corrected chi connectivity index (χ1v) is 12.4. The molecule has 2 aromatic rings. The Bertz CT molecular complexity index is 1750. The Morgan fingerprint density at radius 1 is 0.725 bits per heavy atom. The highest BCUT2D eigenvalue weighted by Crippen LogP contribution is 2.54. The third kappa shape index (κ3) is 2.99. The highest BCUT2D eigenvalue weighted by atomic mass is 16.5. The van der Waals surface area contributed by atoms with Crippen molar-refractivity contribution in [2.75, 3.05) is 0 Å². The predicted octanol–water partition coefficient (Wildman–Crippen LogP) is 3.59. The van der Waals surface area contributed by atoms with Crippen molar-refractivity contribution >= 4 is 28.9 Å². The Morgan fingerprint density at radius 3 is 1.80 bits per heavy atom. The summed E-state index contributed by atoms with van der Waals surface area (Å²) in [6.07, 6.45) is 1.03. The molecule has 3 atom stereocenters. The first-order valence-electron chi connectivity index (χ1n) is 12.4. The molecule has 2 aliphatic heterocycles. The summed E-state index contributed by atoms with van der Waals surface area (Å²) in [5.41, 5.74) is -3.96. The van der Waals surface area contributed by atoms with Gasteiger partial charge in [0.05, 0.1) is 11.1 Å². The number of aromatic hydroxyl groups is 2. The minimum atomic E-state index is -1.79. The number of benzene rings is 2. The second-order valence-electron chi connectivity index (χ2n) is 10.6. The van der Waals surface area contributed by atoms with E-state index in [-0.39, 0.29) is 50.5 Å². The summed E-state index contributed by atoms with van der Waals surface area (Å²) in [4.78, 5) is 38.5. The molecular weight excluding hydrogens is 520 g/mol. The van der Waals surface area contributed by atoms with Gasteiger partial charge in [-0.2, -0.15) is 0 Å². The quantitative estimate of drug-likeness (QED) is 0.357. The second kappa shape index (κ2) is 7.86. The van der Waals surface area contributed by atoms with Crippen molar-refractivity contribution in [3.63, 3.8) is 0 Å². The van der Waals surface area contributed by atoms with Crippen LogP contribution in [-0.2, 0) is 14.4 Å². The summed E-state index contributed by atoms with van der Waals surface area (Å²) in [7, 11) is 0. The van der Waals surface area contributed by atoms with Crippen LogP contribution in [0.4, 0.5) is 0 Å². The predicted molar refractivity (Wildman–Crippen MR) is 141 cm³/mol. The van der Waals surface area contributed by atoms with Gasteiger partial charge in [-0.05, 0) is 69.7 Å². The van der Waals surface area contributed by atoms with Crippen molar-refractivity contribution in [1.29, 1.82) is 0 Å². The fourth-order valence-electron chi connectivity index (χ4n) is 6.04. The van der Waals surface area contributed by atoms with Crippen LogP contribution >= 0.6 is 0 Å². The molecule has 0 radical (unpaired) electrons. The van der Waals surface area contributed by atoms with E-state index in [4.69, 9.17) is 9.47 Å². The van der Waals surface area contributed by atoms with Crippen LogP contribution in [0.3, 0.4) is 0 Å². The van der Waals surface area contributed by atoms with Gasteiger partial charge in [0.15, 0.2) is 17.2 Å². The largest absolute Gasteiger partial charge is 0.506 e. The number of hydrogen-bond donors (Lipinski definition) is 5.